The van der Waals surface area contributed by atoms with Gasteiger partial charge in [-0.25, -0.2) is 0 Å². The highest BCUT2D eigenvalue weighted by atomic mass is 16.5. The van der Waals surface area contributed by atoms with E-state index in [-0.39, 0.29) is 0 Å². The lowest BCUT2D eigenvalue weighted by Gasteiger charge is -2.11. The van der Waals surface area contributed by atoms with Gasteiger partial charge in [0.2, 0.25) is 0 Å². The molecule has 2 rings (SSSR count). The summed E-state index contributed by atoms with van der Waals surface area (Å²) in [5, 5.41) is 0. The molecule has 0 aliphatic heterocycles. The highest BCUT2D eigenvalue weighted by Gasteiger charge is 2.04. The molecule has 0 aliphatic rings. The van der Waals surface area contributed by atoms with Crippen molar-refractivity contribution in [3.05, 3.63) is 48.5 Å². The number of nitrogen functional groups attached to an aromatic ring is 1. The summed E-state index contributed by atoms with van der Waals surface area (Å²) < 4.78 is 11.2. The number of hydrogen-bond donors (Lipinski definition) is 1. The molecular weight excluding hydrogens is 214 g/mol. The summed E-state index contributed by atoms with van der Waals surface area (Å²) in [5.41, 5.74) is 6.34. The fourth-order valence-corrected chi connectivity index (χ4v) is 1.47. The molecule has 0 saturated heterocycles. The first kappa shape index (κ1) is 11.3. The zero-order valence-electron chi connectivity index (χ0n) is 9.72. The first-order valence-corrected chi connectivity index (χ1v) is 5.55. The van der Waals surface area contributed by atoms with Gasteiger partial charge >= 0.3 is 0 Å². The quantitative estimate of drug-likeness (QED) is 0.816. The van der Waals surface area contributed by atoms with Gasteiger partial charge in [0.1, 0.15) is 5.75 Å². The molecule has 3 heteroatoms. The topological polar surface area (TPSA) is 44.5 Å². The molecule has 3 nitrogen and oxygen atoms in total. The second-order valence-electron chi connectivity index (χ2n) is 3.55. The highest BCUT2D eigenvalue weighted by molar-refractivity contribution is 5.46. The summed E-state index contributed by atoms with van der Waals surface area (Å²) in [6.07, 6.45) is 0. The van der Waals surface area contributed by atoms with Crippen LogP contribution >= 0.6 is 0 Å². The summed E-state index contributed by atoms with van der Waals surface area (Å²) in [6, 6.07) is 14.9. The van der Waals surface area contributed by atoms with Gasteiger partial charge < -0.3 is 15.2 Å². The molecule has 0 saturated carbocycles. The Bertz CT molecular complexity index is 480. The molecule has 88 valence electrons. The molecule has 0 heterocycles. The Labute approximate surface area is 101 Å². The first-order chi connectivity index (χ1) is 8.29. The normalized spacial score (nSPS) is 9.94. The molecule has 2 N–H and O–H groups in total. The van der Waals surface area contributed by atoms with Crippen molar-refractivity contribution in [2.75, 3.05) is 12.3 Å². The number of hydrogen-bond acceptors (Lipinski definition) is 3. The van der Waals surface area contributed by atoms with Gasteiger partial charge in [-0.3, -0.25) is 0 Å². The molecule has 17 heavy (non-hydrogen) atoms. The van der Waals surface area contributed by atoms with E-state index < -0.39 is 0 Å². The Hall–Kier alpha value is -2.16. The van der Waals surface area contributed by atoms with Crippen LogP contribution in [-0.4, -0.2) is 6.61 Å². The number of rotatable bonds is 4. The smallest absolute Gasteiger partial charge is 0.169 e. The molecule has 0 aromatic heterocycles. The summed E-state index contributed by atoms with van der Waals surface area (Å²) in [6.45, 7) is 2.56. The predicted molar refractivity (Wildman–Crippen MR) is 68.5 cm³/mol. The minimum absolute atomic E-state index is 0.613. The van der Waals surface area contributed by atoms with Crippen LogP contribution in [0.3, 0.4) is 0 Å². The van der Waals surface area contributed by atoms with Crippen LogP contribution in [0.5, 0.6) is 17.2 Å². The van der Waals surface area contributed by atoms with E-state index in [0.29, 0.717) is 12.4 Å². The van der Waals surface area contributed by atoms with Crippen LogP contribution in [0.25, 0.3) is 0 Å². The van der Waals surface area contributed by atoms with Gasteiger partial charge in [-0.15, -0.1) is 0 Å². The lowest BCUT2D eigenvalue weighted by molar-refractivity contribution is 0.321. The van der Waals surface area contributed by atoms with Crippen molar-refractivity contribution < 1.29 is 9.47 Å². The number of nitrogens with two attached hydrogens (primary N) is 1. The molecule has 0 fully saturated rings. The van der Waals surface area contributed by atoms with Crippen molar-refractivity contribution in [3.63, 3.8) is 0 Å². The Kier molecular flexibility index (Phi) is 3.50. The lowest BCUT2D eigenvalue weighted by Crippen LogP contribution is -1.94. The summed E-state index contributed by atoms with van der Waals surface area (Å²) >= 11 is 0. The van der Waals surface area contributed by atoms with Crippen LogP contribution in [0, 0.1) is 0 Å². The largest absolute Gasteiger partial charge is 0.490 e. The Morgan fingerprint density at radius 2 is 1.59 bits per heavy atom. The molecule has 0 radical (unpaired) electrons. The van der Waals surface area contributed by atoms with Gasteiger partial charge in [0.25, 0.3) is 0 Å². The van der Waals surface area contributed by atoms with Crippen LogP contribution in [0.15, 0.2) is 48.5 Å². The van der Waals surface area contributed by atoms with Gasteiger partial charge in [0, 0.05) is 5.69 Å². The summed E-state index contributed by atoms with van der Waals surface area (Å²) in [7, 11) is 0. The highest BCUT2D eigenvalue weighted by Crippen LogP contribution is 2.31. The van der Waals surface area contributed by atoms with Crippen LogP contribution in [0.2, 0.25) is 0 Å². The maximum absolute atomic E-state index is 5.74. The van der Waals surface area contributed by atoms with Crippen molar-refractivity contribution in [3.8, 4) is 17.2 Å². The number of ether oxygens (including phenoxy) is 2. The third-order valence-electron chi connectivity index (χ3n) is 2.26. The monoisotopic (exact) mass is 229 g/mol. The van der Waals surface area contributed by atoms with E-state index in [1.165, 1.54) is 0 Å². The average molecular weight is 229 g/mol. The average Bonchev–Trinajstić information content (AvgIpc) is 2.35. The van der Waals surface area contributed by atoms with E-state index in [9.17, 15) is 0 Å². The van der Waals surface area contributed by atoms with E-state index >= 15 is 0 Å². The van der Waals surface area contributed by atoms with E-state index in [4.69, 9.17) is 15.2 Å². The molecule has 0 spiro atoms. The second kappa shape index (κ2) is 5.25. The van der Waals surface area contributed by atoms with Gasteiger partial charge in [-0.2, -0.15) is 0 Å². The van der Waals surface area contributed by atoms with Crippen LogP contribution in [-0.2, 0) is 0 Å². The summed E-state index contributed by atoms with van der Waals surface area (Å²) in [4.78, 5) is 0. The lowest BCUT2D eigenvalue weighted by atomic mass is 10.3. The number of benzene rings is 2. The molecule has 0 unspecified atom stereocenters. The first-order valence-electron chi connectivity index (χ1n) is 5.55. The minimum atomic E-state index is 0.613. The maximum atomic E-state index is 5.74. The van der Waals surface area contributed by atoms with Crippen molar-refractivity contribution in [2.45, 2.75) is 6.92 Å². The fourth-order valence-electron chi connectivity index (χ4n) is 1.47. The zero-order chi connectivity index (χ0) is 12.1. The molecule has 0 amide bonds. The van der Waals surface area contributed by atoms with E-state index in [1.54, 1.807) is 12.1 Å². The number of para-hydroxylation sites is 2. The van der Waals surface area contributed by atoms with Crippen molar-refractivity contribution in [2.24, 2.45) is 0 Å². The molecule has 2 aromatic carbocycles. The van der Waals surface area contributed by atoms with E-state index in [2.05, 4.69) is 0 Å². The molecular formula is C14H15NO2. The van der Waals surface area contributed by atoms with Gasteiger partial charge in [-0.05, 0) is 43.3 Å². The second-order valence-corrected chi connectivity index (χ2v) is 3.55. The number of anilines is 1. The third-order valence-corrected chi connectivity index (χ3v) is 2.26. The van der Waals surface area contributed by atoms with Crippen molar-refractivity contribution >= 4 is 5.69 Å². The third kappa shape index (κ3) is 2.91. The van der Waals surface area contributed by atoms with Crippen molar-refractivity contribution in [1.29, 1.82) is 0 Å². The maximum Gasteiger partial charge on any atom is 0.169 e. The standard InChI is InChI=1S/C14H15NO2/c1-2-16-13-5-3-4-6-14(13)17-12-9-7-11(15)8-10-12/h3-10H,2,15H2,1H3. The van der Waals surface area contributed by atoms with E-state index in [1.807, 2.05) is 43.3 Å². The minimum Gasteiger partial charge on any atom is -0.490 e. The van der Waals surface area contributed by atoms with Gasteiger partial charge in [-0.1, -0.05) is 12.1 Å². The van der Waals surface area contributed by atoms with Gasteiger partial charge in [0.15, 0.2) is 11.5 Å². The van der Waals surface area contributed by atoms with Crippen LogP contribution < -0.4 is 15.2 Å². The fraction of sp³-hybridized carbons (Fsp3) is 0.143. The Morgan fingerprint density at radius 1 is 0.941 bits per heavy atom. The van der Waals surface area contributed by atoms with E-state index in [0.717, 1.165) is 17.2 Å². The van der Waals surface area contributed by atoms with Crippen LogP contribution in [0.1, 0.15) is 6.92 Å². The summed E-state index contributed by atoms with van der Waals surface area (Å²) in [5.74, 6) is 2.19. The molecule has 0 atom stereocenters. The molecule has 0 aliphatic carbocycles. The molecule has 0 bridgehead atoms. The Morgan fingerprint density at radius 3 is 2.24 bits per heavy atom. The molecule has 2 aromatic rings. The SMILES string of the molecule is CCOc1ccccc1Oc1ccc(N)cc1. The predicted octanol–water partition coefficient (Wildman–Crippen LogP) is 3.46. The van der Waals surface area contributed by atoms with Crippen LogP contribution in [0.4, 0.5) is 5.69 Å². The van der Waals surface area contributed by atoms with Crippen molar-refractivity contribution in [1.82, 2.24) is 0 Å². The van der Waals surface area contributed by atoms with Gasteiger partial charge in [0.05, 0.1) is 6.61 Å². The Balaban J connectivity index is 2.20. The zero-order valence-corrected chi connectivity index (χ0v) is 9.72.